The van der Waals surface area contributed by atoms with E-state index in [0.29, 0.717) is 32.5 Å². The molecule has 2 amide bonds. The Morgan fingerprint density at radius 3 is 2.62 bits per heavy atom. The van der Waals surface area contributed by atoms with E-state index in [1.165, 1.54) is 0 Å². The summed E-state index contributed by atoms with van der Waals surface area (Å²) in [5, 5.41) is 11.8. The zero-order chi connectivity index (χ0) is 15.4. The highest BCUT2D eigenvalue weighted by Crippen LogP contribution is 2.18. The SMILES string of the molecule is Cc1cc(CNC(=O)N2CCC(C(=O)O)CC2)ccc1Br. The van der Waals surface area contributed by atoms with Crippen LogP contribution in [-0.2, 0) is 11.3 Å². The van der Waals surface area contributed by atoms with Gasteiger partial charge in [-0.05, 0) is 37.0 Å². The molecule has 0 saturated carbocycles. The molecule has 1 fully saturated rings. The van der Waals surface area contributed by atoms with Crippen LogP contribution < -0.4 is 5.32 Å². The molecule has 2 N–H and O–H groups in total. The first kappa shape index (κ1) is 15.8. The number of rotatable bonds is 3. The maximum Gasteiger partial charge on any atom is 0.317 e. The topological polar surface area (TPSA) is 69.6 Å². The summed E-state index contributed by atoms with van der Waals surface area (Å²) in [6.45, 7) is 3.49. The number of carboxylic acid groups (broad SMARTS) is 1. The molecule has 1 aliphatic heterocycles. The second-order valence-electron chi connectivity index (χ2n) is 5.34. The van der Waals surface area contributed by atoms with Crippen LogP contribution in [0.15, 0.2) is 22.7 Å². The van der Waals surface area contributed by atoms with E-state index in [1.54, 1.807) is 4.90 Å². The maximum atomic E-state index is 12.1. The summed E-state index contributed by atoms with van der Waals surface area (Å²) in [7, 11) is 0. The van der Waals surface area contributed by atoms with Gasteiger partial charge in [-0.1, -0.05) is 28.1 Å². The predicted octanol–water partition coefficient (Wildman–Crippen LogP) is 2.76. The van der Waals surface area contributed by atoms with E-state index in [-0.39, 0.29) is 11.9 Å². The number of carboxylic acids is 1. The summed E-state index contributed by atoms with van der Waals surface area (Å²) in [6.07, 6.45) is 1.06. The molecule has 6 heteroatoms. The Morgan fingerprint density at radius 2 is 2.05 bits per heavy atom. The van der Waals surface area contributed by atoms with Gasteiger partial charge in [-0.15, -0.1) is 0 Å². The van der Waals surface area contributed by atoms with Gasteiger partial charge in [0.25, 0.3) is 0 Å². The molecule has 21 heavy (non-hydrogen) atoms. The lowest BCUT2D eigenvalue weighted by atomic mass is 9.97. The zero-order valence-electron chi connectivity index (χ0n) is 11.9. The molecular formula is C15H19BrN2O3. The largest absolute Gasteiger partial charge is 0.481 e. The number of aliphatic carboxylic acids is 1. The fourth-order valence-electron chi connectivity index (χ4n) is 2.44. The number of nitrogens with zero attached hydrogens (tertiary/aromatic N) is 1. The highest BCUT2D eigenvalue weighted by atomic mass is 79.9. The smallest absolute Gasteiger partial charge is 0.317 e. The van der Waals surface area contributed by atoms with Crippen LogP contribution in [0.1, 0.15) is 24.0 Å². The molecule has 2 rings (SSSR count). The van der Waals surface area contributed by atoms with Crippen LogP contribution in [0.3, 0.4) is 0 Å². The Hall–Kier alpha value is -1.56. The van der Waals surface area contributed by atoms with Crippen LogP contribution in [0.25, 0.3) is 0 Å². The number of carbonyl (C=O) groups excluding carboxylic acids is 1. The predicted molar refractivity (Wildman–Crippen MR) is 83.0 cm³/mol. The molecule has 0 unspecified atom stereocenters. The fourth-order valence-corrected chi connectivity index (χ4v) is 2.68. The molecule has 0 atom stereocenters. The van der Waals surface area contributed by atoms with Crippen molar-refractivity contribution in [1.82, 2.24) is 10.2 Å². The third-order valence-corrected chi connectivity index (χ3v) is 4.69. The van der Waals surface area contributed by atoms with Crippen molar-refractivity contribution >= 4 is 27.9 Å². The lowest BCUT2D eigenvalue weighted by molar-refractivity contribution is -0.143. The van der Waals surface area contributed by atoms with Crippen molar-refractivity contribution in [2.45, 2.75) is 26.3 Å². The first-order valence-corrected chi connectivity index (χ1v) is 7.77. The number of nitrogens with one attached hydrogen (secondary N) is 1. The number of hydrogen-bond acceptors (Lipinski definition) is 2. The Bertz CT molecular complexity index is 540. The second kappa shape index (κ2) is 6.93. The van der Waals surface area contributed by atoms with Crippen LogP contribution in [0.2, 0.25) is 0 Å². The molecule has 1 aromatic rings. The molecule has 5 nitrogen and oxygen atoms in total. The van der Waals surface area contributed by atoms with Crippen molar-refractivity contribution in [3.8, 4) is 0 Å². The third kappa shape index (κ3) is 4.20. The molecule has 1 aliphatic rings. The minimum atomic E-state index is -0.764. The number of benzene rings is 1. The van der Waals surface area contributed by atoms with Gasteiger partial charge in [-0.3, -0.25) is 4.79 Å². The third-order valence-electron chi connectivity index (χ3n) is 3.80. The molecule has 0 bridgehead atoms. The van der Waals surface area contributed by atoms with Crippen molar-refractivity contribution in [1.29, 1.82) is 0 Å². The number of amides is 2. The van der Waals surface area contributed by atoms with Crippen LogP contribution in [0.5, 0.6) is 0 Å². The van der Waals surface area contributed by atoms with Gasteiger partial charge in [-0.2, -0.15) is 0 Å². The van der Waals surface area contributed by atoms with Crippen molar-refractivity contribution in [2.75, 3.05) is 13.1 Å². The number of likely N-dealkylation sites (tertiary alicyclic amines) is 1. The first-order chi connectivity index (χ1) is 9.97. The lowest BCUT2D eigenvalue weighted by Crippen LogP contribution is -2.45. The zero-order valence-corrected chi connectivity index (χ0v) is 13.5. The normalized spacial score (nSPS) is 15.8. The van der Waals surface area contributed by atoms with Gasteiger partial charge >= 0.3 is 12.0 Å². The van der Waals surface area contributed by atoms with Crippen molar-refractivity contribution < 1.29 is 14.7 Å². The van der Waals surface area contributed by atoms with Crippen LogP contribution in [-0.4, -0.2) is 35.1 Å². The molecule has 1 saturated heterocycles. The van der Waals surface area contributed by atoms with E-state index >= 15 is 0 Å². The summed E-state index contributed by atoms with van der Waals surface area (Å²) in [6, 6.07) is 5.84. The molecule has 0 aliphatic carbocycles. The van der Waals surface area contributed by atoms with E-state index in [2.05, 4.69) is 21.2 Å². The van der Waals surface area contributed by atoms with Crippen LogP contribution >= 0.6 is 15.9 Å². The molecular weight excluding hydrogens is 336 g/mol. The number of aryl methyl sites for hydroxylation is 1. The monoisotopic (exact) mass is 354 g/mol. The van der Waals surface area contributed by atoms with Gasteiger partial charge in [0, 0.05) is 24.1 Å². The molecule has 1 aromatic carbocycles. The minimum Gasteiger partial charge on any atom is -0.481 e. The summed E-state index contributed by atoms with van der Waals surface area (Å²) in [4.78, 5) is 24.6. The van der Waals surface area contributed by atoms with Crippen LogP contribution in [0.4, 0.5) is 4.79 Å². The Morgan fingerprint density at radius 1 is 1.38 bits per heavy atom. The summed E-state index contributed by atoms with van der Waals surface area (Å²) in [5.74, 6) is -1.08. The van der Waals surface area contributed by atoms with Gasteiger partial charge in [-0.25, -0.2) is 4.79 Å². The molecule has 0 aromatic heterocycles. The van der Waals surface area contributed by atoms with Gasteiger partial charge < -0.3 is 15.3 Å². The van der Waals surface area contributed by atoms with Gasteiger partial charge in [0.1, 0.15) is 0 Å². The number of urea groups is 1. The van der Waals surface area contributed by atoms with E-state index in [0.717, 1.165) is 15.6 Å². The quantitative estimate of drug-likeness (QED) is 0.876. The Kier molecular flexibility index (Phi) is 5.22. The lowest BCUT2D eigenvalue weighted by Gasteiger charge is -2.30. The van der Waals surface area contributed by atoms with Crippen molar-refractivity contribution in [2.24, 2.45) is 5.92 Å². The van der Waals surface area contributed by atoms with E-state index in [1.807, 2.05) is 25.1 Å². The number of piperidine rings is 1. The van der Waals surface area contributed by atoms with Gasteiger partial charge in [0.2, 0.25) is 0 Å². The highest BCUT2D eigenvalue weighted by Gasteiger charge is 2.26. The van der Waals surface area contributed by atoms with E-state index in [4.69, 9.17) is 5.11 Å². The number of hydrogen-bond donors (Lipinski definition) is 2. The van der Waals surface area contributed by atoms with Crippen molar-refractivity contribution in [3.05, 3.63) is 33.8 Å². The van der Waals surface area contributed by atoms with E-state index < -0.39 is 5.97 Å². The molecule has 1 heterocycles. The molecule has 0 radical (unpaired) electrons. The first-order valence-electron chi connectivity index (χ1n) is 6.98. The second-order valence-corrected chi connectivity index (χ2v) is 6.20. The standard InChI is InChI=1S/C15H19BrN2O3/c1-10-8-11(2-3-13(10)16)9-17-15(21)18-6-4-12(5-7-18)14(19)20/h2-3,8,12H,4-7,9H2,1H3,(H,17,21)(H,19,20). The molecule has 0 spiro atoms. The number of halogens is 1. The summed E-state index contributed by atoms with van der Waals surface area (Å²) in [5.41, 5.74) is 2.17. The van der Waals surface area contributed by atoms with E-state index in [9.17, 15) is 9.59 Å². The highest BCUT2D eigenvalue weighted by molar-refractivity contribution is 9.10. The summed E-state index contributed by atoms with van der Waals surface area (Å²) < 4.78 is 1.05. The van der Waals surface area contributed by atoms with Crippen LogP contribution in [0, 0.1) is 12.8 Å². The average molecular weight is 355 g/mol. The maximum absolute atomic E-state index is 12.1. The molecule has 114 valence electrons. The summed E-state index contributed by atoms with van der Waals surface area (Å²) >= 11 is 3.45. The van der Waals surface area contributed by atoms with Gasteiger partial charge in [0.05, 0.1) is 5.92 Å². The minimum absolute atomic E-state index is 0.126. The van der Waals surface area contributed by atoms with Gasteiger partial charge in [0.15, 0.2) is 0 Å². The number of carbonyl (C=O) groups is 2. The average Bonchev–Trinajstić information content (AvgIpc) is 2.48. The fraction of sp³-hybridized carbons (Fsp3) is 0.467. The van der Waals surface area contributed by atoms with Crippen molar-refractivity contribution in [3.63, 3.8) is 0 Å². The Labute approximate surface area is 132 Å². The Balaban J connectivity index is 1.82.